The van der Waals surface area contributed by atoms with Crippen LogP contribution in [0.3, 0.4) is 0 Å². The molecule has 110 valence electrons. The van der Waals surface area contributed by atoms with Gasteiger partial charge in [0.2, 0.25) is 10.0 Å². The van der Waals surface area contributed by atoms with Crippen LogP contribution in [-0.2, 0) is 10.0 Å². The quantitative estimate of drug-likeness (QED) is 0.632. The van der Waals surface area contributed by atoms with E-state index in [1.165, 1.54) is 12.8 Å². The van der Waals surface area contributed by atoms with Gasteiger partial charge in [0.25, 0.3) is 0 Å². The van der Waals surface area contributed by atoms with Crippen molar-refractivity contribution in [1.29, 1.82) is 0 Å². The van der Waals surface area contributed by atoms with E-state index in [1.807, 2.05) is 12.1 Å². The molecule has 0 amide bonds. The Balaban J connectivity index is 1.50. The molecule has 0 aliphatic heterocycles. The van der Waals surface area contributed by atoms with Gasteiger partial charge in [-0.1, -0.05) is 0 Å². The maximum atomic E-state index is 12.0. The zero-order valence-electron chi connectivity index (χ0n) is 11.4. The Labute approximate surface area is 120 Å². The summed E-state index contributed by atoms with van der Waals surface area (Å²) in [4.78, 5) is 0.339. The number of hydrogen-bond acceptors (Lipinski definition) is 4. The molecule has 0 atom stereocenters. The average molecular weight is 295 g/mol. The van der Waals surface area contributed by atoms with Crippen molar-refractivity contribution in [1.82, 2.24) is 10.0 Å². The number of nitrogens with one attached hydrogen (secondary N) is 3. The molecule has 2 fully saturated rings. The molecule has 2 saturated carbocycles. The summed E-state index contributed by atoms with van der Waals surface area (Å²) < 4.78 is 26.7. The highest BCUT2D eigenvalue weighted by atomic mass is 32.2. The Morgan fingerprint density at radius 1 is 0.950 bits per heavy atom. The number of anilines is 1. The van der Waals surface area contributed by atoms with Crippen LogP contribution >= 0.6 is 0 Å². The first-order chi connectivity index (χ1) is 9.63. The van der Waals surface area contributed by atoms with Crippen molar-refractivity contribution in [2.75, 3.05) is 18.4 Å². The maximum absolute atomic E-state index is 12.0. The fraction of sp³-hybridized carbons (Fsp3) is 0.571. The van der Waals surface area contributed by atoms with Crippen LogP contribution in [0.1, 0.15) is 25.7 Å². The van der Waals surface area contributed by atoms with Gasteiger partial charge in [-0.3, -0.25) is 0 Å². The zero-order valence-corrected chi connectivity index (χ0v) is 12.2. The largest absolute Gasteiger partial charge is 0.384 e. The molecular weight excluding hydrogens is 274 g/mol. The Hall–Kier alpha value is -1.11. The summed E-state index contributed by atoms with van der Waals surface area (Å²) in [5.41, 5.74) is 0.952. The lowest BCUT2D eigenvalue weighted by molar-refractivity contribution is 0.581. The lowest BCUT2D eigenvalue weighted by Gasteiger charge is -2.09. The molecule has 2 aliphatic carbocycles. The van der Waals surface area contributed by atoms with E-state index in [-0.39, 0.29) is 6.04 Å². The van der Waals surface area contributed by atoms with Gasteiger partial charge in [0, 0.05) is 30.9 Å². The molecule has 1 aromatic rings. The molecule has 3 N–H and O–H groups in total. The van der Waals surface area contributed by atoms with Gasteiger partial charge in [-0.15, -0.1) is 0 Å². The molecule has 1 aromatic carbocycles. The van der Waals surface area contributed by atoms with Gasteiger partial charge in [0.05, 0.1) is 4.90 Å². The van der Waals surface area contributed by atoms with Crippen LogP contribution in [0.5, 0.6) is 0 Å². The second kappa shape index (κ2) is 5.71. The van der Waals surface area contributed by atoms with E-state index >= 15 is 0 Å². The van der Waals surface area contributed by atoms with E-state index < -0.39 is 10.0 Å². The van der Waals surface area contributed by atoms with Crippen LogP contribution in [0.4, 0.5) is 5.69 Å². The zero-order chi connectivity index (χ0) is 14.0. The van der Waals surface area contributed by atoms with E-state index in [9.17, 15) is 8.42 Å². The molecule has 20 heavy (non-hydrogen) atoms. The van der Waals surface area contributed by atoms with Crippen LogP contribution in [-0.4, -0.2) is 33.6 Å². The second-order valence-electron chi connectivity index (χ2n) is 5.58. The lowest BCUT2D eigenvalue weighted by atomic mass is 10.3. The minimum Gasteiger partial charge on any atom is -0.384 e. The smallest absolute Gasteiger partial charge is 0.240 e. The third kappa shape index (κ3) is 3.94. The third-order valence-electron chi connectivity index (χ3n) is 3.53. The van der Waals surface area contributed by atoms with Gasteiger partial charge >= 0.3 is 0 Å². The number of sulfonamides is 1. The van der Waals surface area contributed by atoms with Gasteiger partial charge < -0.3 is 10.6 Å². The fourth-order valence-electron chi connectivity index (χ4n) is 2.01. The van der Waals surface area contributed by atoms with Crippen molar-refractivity contribution < 1.29 is 8.42 Å². The molecule has 0 unspecified atom stereocenters. The van der Waals surface area contributed by atoms with Gasteiger partial charge in [-0.2, -0.15) is 0 Å². The summed E-state index contributed by atoms with van der Waals surface area (Å²) in [5, 5.41) is 6.70. The standard InChI is InChI=1S/C14H21N3O2S/c18-20(19,17-13-3-4-13)14-7-5-12(6-8-14)16-10-9-15-11-1-2-11/h5-8,11,13,15-17H,1-4,9-10H2. The Bertz CT molecular complexity index is 548. The number of hydrogen-bond donors (Lipinski definition) is 3. The van der Waals surface area contributed by atoms with Crippen LogP contribution < -0.4 is 15.4 Å². The van der Waals surface area contributed by atoms with Crippen LogP contribution in [0, 0.1) is 0 Å². The van der Waals surface area contributed by atoms with E-state index in [0.29, 0.717) is 4.90 Å². The third-order valence-corrected chi connectivity index (χ3v) is 5.06. The molecule has 0 aromatic heterocycles. The summed E-state index contributed by atoms with van der Waals surface area (Å²) in [7, 11) is -3.33. The van der Waals surface area contributed by atoms with E-state index in [4.69, 9.17) is 0 Å². The molecular formula is C14H21N3O2S. The fourth-order valence-corrected chi connectivity index (χ4v) is 3.32. The Kier molecular flexibility index (Phi) is 3.96. The predicted molar refractivity (Wildman–Crippen MR) is 79.3 cm³/mol. The van der Waals surface area contributed by atoms with Gasteiger partial charge in [-0.05, 0) is 49.9 Å². The molecule has 0 saturated heterocycles. The first kappa shape index (κ1) is 13.9. The first-order valence-electron chi connectivity index (χ1n) is 7.23. The molecule has 0 heterocycles. The molecule has 2 aliphatic rings. The van der Waals surface area contributed by atoms with Crippen molar-refractivity contribution in [3.8, 4) is 0 Å². The van der Waals surface area contributed by atoms with E-state index in [0.717, 1.165) is 37.7 Å². The Morgan fingerprint density at radius 3 is 2.20 bits per heavy atom. The van der Waals surface area contributed by atoms with Crippen molar-refractivity contribution in [3.05, 3.63) is 24.3 Å². The summed E-state index contributed by atoms with van der Waals surface area (Å²) in [5.74, 6) is 0. The van der Waals surface area contributed by atoms with E-state index in [2.05, 4.69) is 15.4 Å². The summed E-state index contributed by atoms with van der Waals surface area (Å²) in [6, 6.07) is 7.81. The minimum atomic E-state index is -3.33. The van der Waals surface area contributed by atoms with Gasteiger partial charge in [0.15, 0.2) is 0 Å². The highest BCUT2D eigenvalue weighted by Crippen LogP contribution is 2.22. The lowest BCUT2D eigenvalue weighted by Crippen LogP contribution is -2.25. The topological polar surface area (TPSA) is 70.2 Å². The highest BCUT2D eigenvalue weighted by molar-refractivity contribution is 7.89. The van der Waals surface area contributed by atoms with Crippen LogP contribution in [0.25, 0.3) is 0 Å². The predicted octanol–water partition coefficient (Wildman–Crippen LogP) is 1.29. The summed E-state index contributed by atoms with van der Waals surface area (Å²) in [6.45, 7) is 1.79. The summed E-state index contributed by atoms with van der Waals surface area (Å²) >= 11 is 0. The highest BCUT2D eigenvalue weighted by Gasteiger charge is 2.27. The van der Waals surface area contributed by atoms with Gasteiger partial charge in [-0.25, -0.2) is 13.1 Å². The van der Waals surface area contributed by atoms with E-state index in [1.54, 1.807) is 12.1 Å². The number of benzene rings is 1. The van der Waals surface area contributed by atoms with Crippen molar-refractivity contribution >= 4 is 15.7 Å². The molecule has 0 spiro atoms. The van der Waals surface area contributed by atoms with Crippen molar-refractivity contribution in [2.45, 2.75) is 42.7 Å². The molecule has 5 nitrogen and oxygen atoms in total. The van der Waals surface area contributed by atoms with Gasteiger partial charge in [0.1, 0.15) is 0 Å². The SMILES string of the molecule is O=S(=O)(NC1CC1)c1ccc(NCCNC2CC2)cc1. The number of rotatable bonds is 8. The molecule has 6 heteroatoms. The van der Waals surface area contributed by atoms with Crippen LogP contribution in [0.15, 0.2) is 29.2 Å². The average Bonchev–Trinajstić information content (AvgIpc) is 3.30. The maximum Gasteiger partial charge on any atom is 0.240 e. The second-order valence-corrected chi connectivity index (χ2v) is 7.29. The molecule has 0 bridgehead atoms. The van der Waals surface area contributed by atoms with Crippen molar-refractivity contribution in [3.63, 3.8) is 0 Å². The first-order valence-corrected chi connectivity index (χ1v) is 8.71. The summed E-state index contributed by atoms with van der Waals surface area (Å²) in [6.07, 6.45) is 4.49. The van der Waals surface area contributed by atoms with Crippen molar-refractivity contribution in [2.24, 2.45) is 0 Å². The molecule has 3 rings (SSSR count). The van der Waals surface area contributed by atoms with Crippen LogP contribution in [0.2, 0.25) is 0 Å². The normalized spacial score (nSPS) is 19.0. The minimum absolute atomic E-state index is 0.145. The molecule has 0 radical (unpaired) electrons. The monoisotopic (exact) mass is 295 g/mol. The Morgan fingerprint density at radius 2 is 1.60 bits per heavy atom.